The molecule has 0 atom stereocenters. The molecule has 0 N–H and O–H groups in total. The maximum absolute atomic E-state index is 13.0. The predicted molar refractivity (Wildman–Crippen MR) is 55.1 cm³/mol. The molecule has 0 saturated heterocycles. The Morgan fingerprint density at radius 1 is 1.36 bits per heavy atom. The van der Waals surface area contributed by atoms with Crippen LogP contribution >= 0.6 is 23.1 Å². The molecule has 0 bridgehead atoms. The standard InChI is InChI=1S/C9H6ClFN2S/c1-5-2-6(4-7(11)3-5)8-12-9(10)13-14-8/h2-4H,1H3. The van der Waals surface area contributed by atoms with Crippen molar-refractivity contribution < 1.29 is 4.39 Å². The first-order valence-corrected chi connectivity index (χ1v) is 5.07. The molecule has 0 spiro atoms. The second-order valence-corrected chi connectivity index (χ2v) is 3.98. The second kappa shape index (κ2) is 3.63. The number of hydrogen-bond donors (Lipinski definition) is 0. The van der Waals surface area contributed by atoms with E-state index in [1.165, 1.54) is 12.1 Å². The lowest BCUT2D eigenvalue weighted by atomic mass is 10.1. The van der Waals surface area contributed by atoms with Gasteiger partial charge in [0.15, 0.2) is 0 Å². The number of nitrogens with zero attached hydrogens (tertiary/aromatic N) is 2. The molecule has 0 aliphatic carbocycles. The molecule has 0 saturated carbocycles. The van der Waals surface area contributed by atoms with Gasteiger partial charge in [-0.25, -0.2) is 9.37 Å². The van der Waals surface area contributed by atoms with E-state index in [1.54, 1.807) is 0 Å². The van der Waals surface area contributed by atoms with Crippen LogP contribution in [-0.4, -0.2) is 9.36 Å². The zero-order chi connectivity index (χ0) is 10.1. The minimum atomic E-state index is -0.272. The molecule has 5 heteroatoms. The van der Waals surface area contributed by atoms with Crippen LogP contribution in [0.5, 0.6) is 0 Å². The monoisotopic (exact) mass is 228 g/mol. The van der Waals surface area contributed by atoms with Crippen LogP contribution in [-0.2, 0) is 0 Å². The summed E-state index contributed by atoms with van der Waals surface area (Å²) in [5, 5.41) is 0.838. The van der Waals surface area contributed by atoms with E-state index in [1.807, 2.05) is 13.0 Å². The Morgan fingerprint density at radius 3 is 2.71 bits per heavy atom. The molecule has 2 nitrogen and oxygen atoms in total. The van der Waals surface area contributed by atoms with Gasteiger partial charge in [0.2, 0.25) is 5.28 Å². The van der Waals surface area contributed by atoms with Crippen LogP contribution in [0.2, 0.25) is 5.28 Å². The molecule has 0 fully saturated rings. The van der Waals surface area contributed by atoms with Gasteiger partial charge in [-0.3, -0.25) is 0 Å². The zero-order valence-corrected chi connectivity index (χ0v) is 8.86. The van der Waals surface area contributed by atoms with Crippen molar-refractivity contribution in [3.05, 3.63) is 34.9 Å². The van der Waals surface area contributed by atoms with E-state index in [2.05, 4.69) is 9.36 Å². The van der Waals surface area contributed by atoms with Gasteiger partial charge >= 0.3 is 0 Å². The number of hydrogen-bond acceptors (Lipinski definition) is 3. The molecule has 0 unspecified atom stereocenters. The van der Waals surface area contributed by atoms with Crippen molar-refractivity contribution in [2.75, 3.05) is 0 Å². The second-order valence-electron chi connectivity index (χ2n) is 2.89. The lowest BCUT2D eigenvalue weighted by Gasteiger charge is -1.98. The van der Waals surface area contributed by atoms with Gasteiger partial charge < -0.3 is 0 Å². The molecule has 1 aromatic heterocycles. The molecule has 2 aromatic rings. The number of rotatable bonds is 1. The van der Waals surface area contributed by atoms with E-state index in [4.69, 9.17) is 11.6 Å². The fourth-order valence-corrected chi connectivity index (χ4v) is 1.97. The summed E-state index contributed by atoms with van der Waals surface area (Å²) in [6.07, 6.45) is 0. The number of halogens is 2. The molecular formula is C9H6ClFN2S. The van der Waals surface area contributed by atoms with Gasteiger partial charge in [-0.2, -0.15) is 4.37 Å². The normalized spacial score (nSPS) is 10.5. The van der Waals surface area contributed by atoms with E-state index in [0.717, 1.165) is 17.1 Å². The first kappa shape index (κ1) is 9.55. The van der Waals surface area contributed by atoms with E-state index >= 15 is 0 Å². The van der Waals surface area contributed by atoms with Crippen LogP contribution in [0, 0.1) is 12.7 Å². The van der Waals surface area contributed by atoms with Crippen molar-refractivity contribution >= 4 is 23.1 Å². The molecule has 0 amide bonds. The molecule has 2 rings (SSSR count). The molecule has 1 heterocycles. The van der Waals surface area contributed by atoms with Crippen LogP contribution in [0.25, 0.3) is 10.6 Å². The first-order valence-electron chi connectivity index (χ1n) is 3.92. The Bertz CT molecular complexity index is 449. The first-order chi connectivity index (χ1) is 6.65. The number of aromatic nitrogens is 2. The number of aryl methyl sites for hydroxylation is 1. The van der Waals surface area contributed by atoms with Crippen LogP contribution < -0.4 is 0 Å². The lowest BCUT2D eigenvalue weighted by Crippen LogP contribution is -1.82. The summed E-state index contributed by atoms with van der Waals surface area (Å²) in [7, 11) is 0. The van der Waals surface area contributed by atoms with Crippen molar-refractivity contribution in [3.8, 4) is 10.6 Å². The summed E-state index contributed by atoms with van der Waals surface area (Å²) in [5.41, 5.74) is 1.57. The topological polar surface area (TPSA) is 25.8 Å². The summed E-state index contributed by atoms with van der Waals surface area (Å²) in [4.78, 5) is 3.97. The molecule has 1 aromatic carbocycles. The van der Waals surface area contributed by atoms with E-state index in [9.17, 15) is 4.39 Å². The Balaban J connectivity index is 2.51. The fraction of sp³-hybridized carbons (Fsp3) is 0.111. The van der Waals surface area contributed by atoms with Gasteiger partial charge in [0, 0.05) is 5.56 Å². The molecule has 14 heavy (non-hydrogen) atoms. The van der Waals surface area contributed by atoms with Crippen molar-refractivity contribution in [1.82, 2.24) is 9.36 Å². The molecule has 72 valence electrons. The van der Waals surface area contributed by atoms with Crippen molar-refractivity contribution in [2.45, 2.75) is 6.92 Å². The molecule has 0 aliphatic rings. The van der Waals surface area contributed by atoms with Gasteiger partial charge in [0.25, 0.3) is 0 Å². The van der Waals surface area contributed by atoms with E-state index in [0.29, 0.717) is 10.6 Å². The highest BCUT2D eigenvalue weighted by atomic mass is 35.5. The summed E-state index contributed by atoms with van der Waals surface area (Å²) >= 11 is 6.74. The minimum absolute atomic E-state index is 0.201. The largest absolute Gasteiger partial charge is 0.234 e. The van der Waals surface area contributed by atoms with Crippen molar-refractivity contribution in [3.63, 3.8) is 0 Å². The third-order valence-corrected chi connectivity index (χ3v) is 2.72. The van der Waals surface area contributed by atoms with Gasteiger partial charge in [-0.05, 0) is 53.8 Å². The van der Waals surface area contributed by atoms with Gasteiger partial charge in [-0.1, -0.05) is 0 Å². The predicted octanol–water partition coefficient (Wildman–Crippen LogP) is 3.31. The van der Waals surface area contributed by atoms with E-state index in [-0.39, 0.29) is 11.1 Å². The summed E-state index contributed by atoms with van der Waals surface area (Å²) in [6.45, 7) is 1.83. The Morgan fingerprint density at radius 2 is 2.14 bits per heavy atom. The highest BCUT2D eigenvalue weighted by molar-refractivity contribution is 7.09. The quantitative estimate of drug-likeness (QED) is 0.749. The van der Waals surface area contributed by atoms with Crippen molar-refractivity contribution in [1.29, 1.82) is 0 Å². The van der Waals surface area contributed by atoms with Gasteiger partial charge in [0.1, 0.15) is 10.8 Å². The smallest absolute Gasteiger partial charge is 0.207 e. The SMILES string of the molecule is Cc1cc(F)cc(-c2nc(Cl)ns2)c1. The number of benzene rings is 1. The Hall–Kier alpha value is -1.00. The zero-order valence-electron chi connectivity index (χ0n) is 7.29. The minimum Gasteiger partial charge on any atom is -0.207 e. The molecular weight excluding hydrogens is 223 g/mol. The van der Waals surface area contributed by atoms with Gasteiger partial charge in [0.05, 0.1) is 0 Å². The third kappa shape index (κ3) is 1.91. The maximum atomic E-state index is 13.0. The van der Waals surface area contributed by atoms with Crippen LogP contribution in [0.15, 0.2) is 18.2 Å². The summed E-state index contributed by atoms with van der Waals surface area (Å²) in [5.74, 6) is -0.272. The highest BCUT2D eigenvalue weighted by Crippen LogP contribution is 2.24. The maximum Gasteiger partial charge on any atom is 0.234 e. The van der Waals surface area contributed by atoms with Crippen LogP contribution in [0.4, 0.5) is 4.39 Å². The molecule has 0 radical (unpaired) electrons. The Kier molecular flexibility index (Phi) is 2.48. The Labute approximate surface area is 89.5 Å². The van der Waals surface area contributed by atoms with Crippen LogP contribution in [0.1, 0.15) is 5.56 Å². The summed E-state index contributed by atoms with van der Waals surface area (Å²) in [6, 6.07) is 4.73. The fourth-order valence-electron chi connectivity index (χ4n) is 1.18. The highest BCUT2D eigenvalue weighted by Gasteiger charge is 2.06. The average molecular weight is 229 g/mol. The lowest BCUT2D eigenvalue weighted by molar-refractivity contribution is 0.627. The third-order valence-electron chi connectivity index (χ3n) is 1.69. The van der Waals surface area contributed by atoms with E-state index < -0.39 is 0 Å². The van der Waals surface area contributed by atoms with Crippen molar-refractivity contribution in [2.24, 2.45) is 0 Å². The molecule has 0 aliphatic heterocycles. The summed E-state index contributed by atoms with van der Waals surface area (Å²) < 4.78 is 16.9. The van der Waals surface area contributed by atoms with Crippen LogP contribution in [0.3, 0.4) is 0 Å². The average Bonchev–Trinajstić information content (AvgIpc) is 2.50. The van der Waals surface area contributed by atoms with Gasteiger partial charge in [-0.15, -0.1) is 0 Å².